The number of rotatable bonds is 3. The topological polar surface area (TPSA) is 50.3 Å². The number of allylic oxidation sites excluding steroid dienone is 5. The van der Waals surface area contributed by atoms with Crippen LogP contribution in [0.1, 0.15) is 34.9 Å². The number of aryl methyl sites for hydroxylation is 1. The molecule has 4 aromatic carbocycles. The van der Waals surface area contributed by atoms with Crippen molar-refractivity contribution in [1.29, 1.82) is 0 Å². The molecule has 202 valence electrons. The minimum Gasteiger partial charge on any atom is -0.460 e. The average Bonchev–Trinajstić information content (AvgIpc) is 3.60. The highest BCUT2D eigenvalue weighted by Gasteiger charge is 2.24. The fourth-order valence-corrected chi connectivity index (χ4v) is 6.87. The van der Waals surface area contributed by atoms with E-state index < -0.39 is 0 Å². The maximum Gasteiger partial charge on any atom is 0.136 e. The van der Waals surface area contributed by atoms with Crippen molar-refractivity contribution < 1.29 is 8.83 Å². The molecule has 9 rings (SSSR count). The Balaban J connectivity index is 1.12. The van der Waals surface area contributed by atoms with Gasteiger partial charge < -0.3 is 19.5 Å². The zero-order valence-electron chi connectivity index (χ0n) is 22.9. The molecule has 0 spiro atoms. The van der Waals surface area contributed by atoms with Crippen molar-refractivity contribution in [2.45, 2.75) is 24.9 Å². The van der Waals surface area contributed by atoms with Gasteiger partial charge in [0.05, 0.1) is 12.1 Å². The first-order valence-electron chi connectivity index (χ1n) is 14.6. The third-order valence-corrected chi connectivity index (χ3v) is 8.90. The van der Waals surface area contributed by atoms with Gasteiger partial charge in [-0.05, 0) is 76.5 Å². The number of dihydropyridines is 2. The molecule has 2 atom stereocenters. The predicted molar refractivity (Wildman–Crippen MR) is 172 cm³/mol. The van der Waals surface area contributed by atoms with E-state index in [1.165, 1.54) is 38.7 Å². The lowest BCUT2D eigenvalue weighted by molar-refractivity contribution is 0.548. The largest absolute Gasteiger partial charge is 0.460 e. The summed E-state index contributed by atoms with van der Waals surface area (Å²) in [5.74, 6) is 1.06. The molecule has 0 amide bonds. The molecule has 4 nitrogen and oxygen atoms in total. The van der Waals surface area contributed by atoms with Crippen molar-refractivity contribution in [3.63, 3.8) is 0 Å². The molecule has 0 saturated heterocycles. The lowest BCUT2D eigenvalue weighted by Crippen LogP contribution is -2.35. The van der Waals surface area contributed by atoms with Gasteiger partial charge in [-0.3, -0.25) is 0 Å². The zero-order chi connectivity index (χ0) is 27.6. The van der Waals surface area contributed by atoms with Crippen molar-refractivity contribution >= 4 is 55.3 Å². The Bertz CT molecular complexity index is 2220. The van der Waals surface area contributed by atoms with Crippen molar-refractivity contribution in [3.05, 3.63) is 144 Å². The summed E-state index contributed by atoms with van der Waals surface area (Å²) in [4.78, 5) is 0. The van der Waals surface area contributed by atoms with E-state index in [-0.39, 0.29) is 12.1 Å². The Kier molecular flexibility index (Phi) is 5.12. The number of benzene rings is 4. The fraction of sp³-hybridized carbons (Fsp3) is 0.105. The van der Waals surface area contributed by atoms with Crippen LogP contribution < -0.4 is 10.6 Å². The first kappa shape index (κ1) is 23.5. The standard InChI is InChI=1S/C38H28N2O2/c1-2-9-26-25(8-1)24(16-17-27(26)32-12-7-13-34(40-32)33-11-5-6-19-39-33)23-15-18-36-29(20-23)31-22-37-30(21-38(31)42-36)28-10-3-4-14-35(28)41-37/h1-14,16-17,19-22,32-33,39-40H,15,18H2. The summed E-state index contributed by atoms with van der Waals surface area (Å²) in [6.45, 7) is 0. The number of fused-ring (bicyclic) bond motifs is 7. The summed E-state index contributed by atoms with van der Waals surface area (Å²) in [5, 5.41) is 13.1. The van der Waals surface area contributed by atoms with Crippen LogP contribution in [0.5, 0.6) is 0 Å². The average molecular weight is 545 g/mol. The molecule has 2 aromatic heterocycles. The second-order valence-corrected chi connectivity index (χ2v) is 11.3. The van der Waals surface area contributed by atoms with Crippen LogP contribution in [0.4, 0.5) is 0 Å². The quantitative estimate of drug-likeness (QED) is 0.233. The molecule has 0 bridgehead atoms. The van der Waals surface area contributed by atoms with E-state index in [1.54, 1.807) is 0 Å². The van der Waals surface area contributed by atoms with E-state index >= 15 is 0 Å². The third kappa shape index (κ3) is 3.61. The molecule has 2 unspecified atom stereocenters. The van der Waals surface area contributed by atoms with Crippen LogP contribution in [-0.4, -0.2) is 6.04 Å². The van der Waals surface area contributed by atoms with Gasteiger partial charge >= 0.3 is 0 Å². The molecule has 2 N–H and O–H groups in total. The van der Waals surface area contributed by atoms with Gasteiger partial charge in [0.25, 0.3) is 0 Å². The molecule has 42 heavy (non-hydrogen) atoms. The van der Waals surface area contributed by atoms with E-state index in [9.17, 15) is 0 Å². The highest BCUT2D eigenvalue weighted by molar-refractivity contribution is 6.11. The second-order valence-electron chi connectivity index (χ2n) is 11.3. The van der Waals surface area contributed by atoms with E-state index in [0.29, 0.717) is 0 Å². The van der Waals surface area contributed by atoms with Crippen LogP contribution in [-0.2, 0) is 6.42 Å². The lowest BCUT2D eigenvalue weighted by atomic mass is 9.86. The summed E-state index contributed by atoms with van der Waals surface area (Å²) in [6, 6.07) is 26.2. The Labute approximate surface area is 243 Å². The molecule has 4 heteroatoms. The van der Waals surface area contributed by atoms with Crippen molar-refractivity contribution in [3.8, 4) is 0 Å². The second kappa shape index (κ2) is 9.15. The van der Waals surface area contributed by atoms with Crippen LogP contribution in [0.2, 0.25) is 0 Å². The Morgan fingerprint density at radius 1 is 0.643 bits per heavy atom. The van der Waals surface area contributed by atoms with Crippen LogP contribution in [0.25, 0.3) is 55.3 Å². The number of hydrogen-bond acceptors (Lipinski definition) is 4. The molecular formula is C38H28N2O2. The highest BCUT2D eigenvalue weighted by atomic mass is 16.3. The zero-order valence-corrected chi connectivity index (χ0v) is 22.9. The number of para-hydroxylation sites is 1. The monoisotopic (exact) mass is 544 g/mol. The SMILES string of the molecule is C1=CNC(C2=CC=CC(c3ccc(C4=Cc5c(oc6cc7c(cc56)oc5ccccc57)CC4)c4ccccc34)N2)C=C1. The Hall–Kier alpha value is -5.22. The minimum absolute atomic E-state index is 0.0982. The Morgan fingerprint density at radius 2 is 1.45 bits per heavy atom. The summed E-state index contributed by atoms with van der Waals surface area (Å²) in [6.07, 6.45) is 19.0. The van der Waals surface area contributed by atoms with E-state index in [4.69, 9.17) is 8.83 Å². The molecule has 2 aliphatic heterocycles. The highest BCUT2D eigenvalue weighted by Crippen LogP contribution is 2.42. The van der Waals surface area contributed by atoms with Crippen LogP contribution in [0, 0.1) is 0 Å². The molecule has 0 saturated carbocycles. The Morgan fingerprint density at radius 3 is 2.36 bits per heavy atom. The van der Waals surface area contributed by atoms with Crippen molar-refractivity contribution in [1.82, 2.24) is 10.6 Å². The van der Waals surface area contributed by atoms with E-state index in [2.05, 4.69) is 108 Å². The van der Waals surface area contributed by atoms with E-state index in [0.717, 1.165) is 51.5 Å². The van der Waals surface area contributed by atoms with Crippen molar-refractivity contribution in [2.24, 2.45) is 0 Å². The van der Waals surface area contributed by atoms with Gasteiger partial charge in [0.1, 0.15) is 22.5 Å². The van der Waals surface area contributed by atoms with Crippen LogP contribution >= 0.6 is 0 Å². The molecule has 0 fully saturated rings. The molecular weight excluding hydrogens is 516 g/mol. The van der Waals surface area contributed by atoms with Gasteiger partial charge in [-0.25, -0.2) is 0 Å². The first-order valence-corrected chi connectivity index (χ1v) is 14.6. The van der Waals surface area contributed by atoms with Crippen LogP contribution in [0.3, 0.4) is 0 Å². The van der Waals surface area contributed by atoms with E-state index in [1.807, 2.05) is 24.4 Å². The van der Waals surface area contributed by atoms with Crippen molar-refractivity contribution in [2.75, 3.05) is 0 Å². The summed E-state index contributed by atoms with van der Waals surface area (Å²) < 4.78 is 12.6. The van der Waals surface area contributed by atoms with Gasteiger partial charge in [0, 0.05) is 33.8 Å². The van der Waals surface area contributed by atoms with Gasteiger partial charge in [-0.1, -0.05) is 78.9 Å². The van der Waals surface area contributed by atoms with Gasteiger partial charge in [0.15, 0.2) is 0 Å². The predicted octanol–water partition coefficient (Wildman–Crippen LogP) is 9.10. The third-order valence-electron chi connectivity index (χ3n) is 8.90. The maximum atomic E-state index is 6.43. The van der Waals surface area contributed by atoms with Crippen LogP contribution in [0.15, 0.2) is 130 Å². The molecule has 4 heterocycles. The number of nitrogens with one attached hydrogen (secondary N) is 2. The minimum atomic E-state index is 0.0982. The number of furan rings is 2. The number of hydrogen-bond donors (Lipinski definition) is 2. The van der Waals surface area contributed by atoms with Gasteiger partial charge in [-0.15, -0.1) is 0 Å². The summed E-state index contributed by atoms with van der Waals surface area (Å²) >= 11 is 0. The fourth-order valence-electron chi connectivity index (χ4n) is 6.87. The normalized spacial score (nSPS) is 19.6. The lowest BCUT2D eigenvalue weighted by Gasteiger charge is -2.28. The summed E-state index contributed by atoms with van der Waals surface area (Å²) in [7, 11) is 0. The smallest absolute Gasteiger partial charge is 0.136 e. The van der Waals surface area contributed by atoms with Gasteiger partial charge in [-0.2, -0.15) is 0 Å². The maximum absolute atomic E-state index is 6.43. The van der Waals surface area contributed by atoms with Gasteiger partial charge in [0.2, 0.25) is 0 Å². The molecule has 6 aromatic rings. The summed E-state index contributed by atoms with van der Waals surface area (Å²) in [5.41, 5.74) is 8.99. The first-order chi connectivity index (χ1) is 20.8. The molecule has 1 aliphatic carbocycles. The molecule has 0 radical (unpaired) electrons. The molecule has 3 aliphatic rings.